The van der Waals surface area contributed by atoms with Crippen molar-refractivity contribution in [2.24, 2.45) is 0 Å². The standard InChI is InChI=1S/C24H48N2/c1(3-5-7-9-11-13-19-25-21-15-16-22-25)2-4-6-8-10-12-14-20-26-23-17-18-24-26/h1-24H2. The van der Waals surface area contributed by atoms with E-state index >= 15 is 0 Å². The zero-order valence-electron chi connectivity index (χ0n) is 17.9. The molecule has 0 N–H and O–H groups in total. The van der Waals surface area contributed by atoms with Crippen molar-refractivity contribution in [2.45, 2.75) is 116 Å². The van der Waals surface area contributed by atoms with E-state index in [0.29, 0.717) is 0 Å². The number of rotatable bonds is 17. The molecule has 0 spiro atoms. The molecule has 0 radical (unpaired) electrons. The van der Waals surface area contributed by atoms with Crippen molar-refractivity contribution in [3.8, 4) is 0 Å². The highest BCUT2D eigenvalue weighted by Gasteiger charge is 2.10. The highest BCUT2D eigenvalue weighted by molar-refractivity contribution is 4.66. The molecule has 0 unspecified atom stereocenters. The van der Waals surface area contributed by atoms with Gasteiger partial charge in [0.15, 0.2) is 0 Å². The summed E-state index contributed by atoms with van der Waals surface area (Å²) in [5.41, 5.74) is 0. The van der Waals surface area contributed by atoms with Crippen LogP contribution in [-0.4, -0.2) is 49.1 Å². The molecule has 2 aliphatic rings. The van der Waals surface area contributed by atoms with E-state index in [0.717, 1.165) is 0 Å². The molecule has 0 bridgehead atoms. The van der Waals surface area contributed by atoms with Gasteiger partial charge in [-0.3, -0.25) is 0 Å². The SMILES string of the molecule is C(CCCCCCCCN1CCCC1)CCCCCCCN1CCCC1. The maximum absolute atomic E-state index is 2.66. The van der Waals surface area contributed by atoms with E-state index in [1.54, 1.807) is 0 Å². The van der Waals surface area contributed by atoms with E-state index in [9.17, 15) is 0 Å². The molecule has 0 aliphatic carbocycles. The molecule has 2 aliphatic heterocycles. The molecule has 26 heavy (non-hydrogen) atoms. The summed E-state index contributed by atoms with van der Waals surface area (Å²) >= 11 is 0. The van der Waals surface area contributed by atoms with Crippen molar-refractivity contribution in [1.82, 2.24) is 9.80 Å². The molecule has 0 amide bonds. The molecule has 154 valence electrons. The zero-order valence-corrected chi connectivity index (χ0v) is 17.9. The molecule has 2 nitrogen and oxygen atoms in total. The van der Waals surface area contributed by atoms with E-state index in [1.165, 1.54) is 155 Å². The second kappa shape index (κ2) is 15.9. The fourth-order valence-corrected chi connectivity index (χ4v) is 4.80. The molecule has 0 aromatic rings. The molecule has 0 saturated carbocycles. The smallest absolute Gasteiger partial charge is 0.00183 e. The van der Waals surface area contributed by atoms with Gasteiger partial charge in [0.25, 0.3) is 0 Å². The average Bonchev–Trinajstić information content (AvgIpc) is 3.35. The van der Waals surface area contributed by atoms with E-state index in [4.69, 9.17) is 0 Å². The molecular formula is C24H48N2. The second-order valence-corrected chi connectivity index (χ2v) is 9.05. The van der Waals surface area contributed by atoms with Crippen molar-refractivity contribution in [3.05, 3.63) is 0 Å². The molecule has 2 rings (SSSR count). The van der Waals surface area contributed by atoms with Crippen LogP contribution in [0.1, 0.15) is 116 Å². The Morgan fingerprint density at radius 1 is 0.308 bits per heavy atom. The molecule has 2 heteroatoms. The van der Waals surface area contributed by atoms with Gasteiger partial charge in [-0.1, -0.05) is 77.0 Å². The van der Waals surface area contributed by atoms with Crippen molar-refractivity contribution in [3.63, 3.8) is 0 Å². The second-order valence-electron chi connectivity index (χ2n) is 9.05. The minimum absolute atomic E-state index is 1.37. The highest BCUT2D eigenvalue weighted by Crippen LogP contribution is 2.15. The lowest BCUT2D eigenvalue weighted by atomic mass is 10.0. The van der Waals surface area contributed by atoms with Gasteiger partial charge >= 0.3 is 0 Å². The van der Waals surface area contributed by atoms with E-state index in [1.807, 2.05) is 0 Å². The summed E-state index contributed by atoms with van der Waals surface area (Å²) < 4.78 is 0. The van der Waals surface area contributed by atoms with Gasteiger partial charge in [-0.05, 0) is 77.8 Å². The first kappa shape index (κ1) is 22.2. The summed E-state index contributed by atoms with van der Waals surface area (Å²) in [6.07, 6.45) is 26.4. The Hall–Kier alpha value is -0.0800. The van der Waals surface area contributed by atoms with Crippen molar-refractivity contribution in [2.75, 3.05) is 39.3 Å². The first-order valence-electron chi connectivity index (χ1n) is 12.4. The van der Waals surface area contributed by atoms with Gasteiger partial charge < -0.3 is 9.80 Å². The number of likely N-dealkylation sites (tertiary alicyclic amines) is 2. The molecule has 2 heterocycles. The van der Waals surface area contributed by atoms with Crippen LogP contribution in [0.25, 0.3) is 0 Å². The predicted molar refractivity (Wildman–Crippen MR) is 116 cm³/mol. The topological polar surface area (TPSA) is 6.48 Å². The van der Waals surface area contributed by atoms with Crippen LogP contribution in [-0.2, 0) is 0 Å². The Balaban J connectivity index is 1.19. The monoisotopic (exact) mass is 364 g/mol. The normalized spacial score (nSPS) is 18.9. The number of hydrogen-bond donors (Lipinski definition) is 0. The Labute approximate surface area is 165 Å². The average molecular weight is 365 g/mol. The molecule has 2 fully saturated rings. The fraction of sp³-hybridized carbons (Fsp3) is 1.00. The lowest BCUT2D eigenvalue weighted by Crippen LogP contribution is -2.20. The third-order valence-corrected chi connectivity index (χ3v) is 6.60. The van der Waals surface area contributed by atoms with Gasteiger partial charge in [0.1, 0.15) is 0 Å². The van der Waals surface area contributed by atoms with Gasteiger partial charge in [0, 0.05) is 0 Å². The summed E-state index contributed by atoms with van der Waals surface area (Å²) in [5.74, 6) is 0. The summed E-state index contributed by atoms with van der Waals surface area (Å²) in [6, 6.07) is 0. The molecule has 2 saturated heterocycles. The zero-order chi connectivity index (χ0) is 18.1. The maximum Gasteiger partial charge on any atom is -0.00183 e. The van der Waals surface area contributed by atoms with Crippen LogP contribution in [0.5, 0.6) is 0 Å². The van der Waals surface area contributed by atoms with Gasteiger partial charge in [0.2, 0.25) is 0 Å². The summed E-state index contributed by atoms with van der Waals surface area (Å²) in [6.45, 7) is 8.24. The van der Waals surface area contributed by atoms with Crippen LogP contribution in [0, 0.1) is 0 Å². The minimum Gasteiger partial charge on any atom is -0.303 e. The minimum atomic E-state index is 1.37. The first-order chi connectivity index (χ1) is 12.9. The molecular weight excluding hydrogens is 316 g/mol. The van der Waals surface area contributed by atoms with Crippen molar-refractivity contribution >= 4 is 0 Å². The first-order valence-corrected chi connectivity index (χ1v) is 12.4. The molecule has 0 atom stereocenters. The number of hydrogen-bond acceptors (Lipinski definition) is 2. The lowest BCUT2D eigenvalue weighted by Gasteiger charge is -2.13. The summed E-state index contributed by atoms with van der Waals surface area (Å²) in [5, 5.41) is 0. The summed E-state index contributed by atoms with van der Waals surface area (Å²) in [7, 11) is 0. The van der Waals surface area contributed by atoms with Crippen LogP contribution in [0.2, 0.25) is 0 Å². The molecule has 0 aromatic carbocycles. The maximum atomic E-state index is 2.66. The van der Waals surface area contributed by atoms with Crippen LogP contribution >= 0.6 is 0 Å². The van der Waals surface area contributed by atoms with Crippen LogP contribution in [0.4, 0.5) is 0 Å². The summed E-state index contributed by atoms with van der Waals surface area (Å²) in [4.78, 5) is 5.32. The van der Waals surface area contributed by atoms with Gasteiger partial charge in [0.05, 0.1) is 0 Å². The van der Waals surface area contributed by atoms with Crippen molar-refractivity contribution < 1.29 is 0 Å². The fourth-order valence-electron chi connectivity index (χ4n) is 4.80. The van der Waals surface area contributed by atoms with Gasteiger partial charge in [-0.15, -0.1) is 0 Å². The van der Waals surface area contributed by atoms with Gasteiger partial charge in [-0.25, -0.2) is 0 Å². The number of nitrogens with zero attached hydrogens (tertiary/aromatic N) is 2. The Kier molecular flexibility index (Phi) is 13.6. The third-order valence-electron chi connectivity index (χ3n) is 6.60. The Bertz CT molecular complexity index is 263. The van der Waals surface area contributed by atoms with Crippen LogP contribution < -0.4 is 0 Å². The van der Waals surface area contributed by atoms with Gasteiger partial charge in [-0.2, -0.15) is 0 Å². The largest absolute Gasteiger partial charge is 0.303 e. The third kappa shape index (κ3) is 11.6. The molecule has 0 aromatic heterocycles. The van der Waals surface area contributed by atoms with E-state index in [-0.39, 0.29) is 0 Å². The van der Waals surface area contributed by atoms with Crippen LogP contribution in [0.15, 0.2) is 0 Å². The van der Waals surface area contributed by atoms with E-state index < -0.39 is 0 Å². The Morgan fingerprint density at radius 3 is 0.808 bits per heavy atom. The Morgan fingerprint density at radius 2 is 0.538 bits per heavy atom. The number of unbranched alkanes of at least 4 members (excludes halogenated alkanes) is 13. The predicted octanol–water partition coefficient (Wildman–Crippen LogP) is 6.64. The van der Waals surface area contributed by atoms with Crippen molar-refractivity contribution in [1.29, 1.82) is 0 Å². The quantitative estimate of drug-likeness (QED) is 0.267. The lowest BCUT2D eigenvalue weighted by molar-refractivity contribution is 0.327. The highest BCUT2D eigenvalue weighted by atomic mass is 15.1. The van der Waals surface area contributed by atoms with E-state index in [2.05, 4.69) is 9.80 Å². The van der Waals surface area contributed by atoms with Crippen LogP contribution in [0.3, 0.4) is 0 Å².